The van der Waals surface area contributed by atoms with E-state index in [0.29, 0.717) is 5.25 Å². The van der Waals surface area contributed by atoms with E-state index in [1.54, 1.807) is 0 Å². The molecule has 1 atom stereocenters. The summed E-state index contributed by atoms with van der Waals surface area (Å²) in [7, 11) is 0. The molecule has 1 fully saturated rings. The molecule has 1 aliphatic rings. The lowest BCUT2D eigenvalue weighted by Gasteiger charge is -2.21. The fourth-order valence-electron chi connectivity index (χ4n) is 1.12. The van der Waals surface area contributed by atoms with E-state index in [1.165, 1.54) is 5.75 Å². The molecule has 0 aromatic rings. The van der Waals surface area contributed by atoms with Gasteiger partial charge in [0.1, 0.15) is 0 Å². The van der Waals surface area contributed by atoms with Gasteiger partial charge in [-0.1, -0.05) is 0 Å². The first-order valence-electron chi connectivity index (χ1n) is 3.84. The van der Waals surface area contributed by atoms with Crippen molar-refractivity contribution in [3.05, 3.63) is 0 Å². The van der Waals surface area contributed by atoms with Crippen LogP contribution < -0.4 is 5.32 Å². The van der Waals surface area contributed by atoms with Gasteiger partial charge in [0.05, 0.1) is 6.61 Å². The van der Waals surface area contributed by atoms with Gasteiger partial charge in [-0.15, -0.1) is 0 Å². The predicted octanol–water partition coefficient (Wildman–Crippen LogP) is 0.902. The highest BCUT2D eigenvalue weighted by Gasteiger charge is 2.11. The average Bonchev–Trinajstić information content (AvgIpc) is 2.03. The number of hydrogen-bond donors (Lipinski definition) is 1. The van der Waals surface area contributed by atoms with Gasteiger partial charge in [0, 0.05) is 24.1 Å². The third kappa shape index (κ3) is 2.90. The van der Waals surface area contributed by atoms with E-state index in [4.69, 9.17) is 0 Å². The molecule has 1 aliphatic heterocycles. The highest BCUT2D eigenvalue weighted by Crippen LogP contribution is 2.17. The van der Waals surface area contributed by atoms with Crippen LogP contribution in [0.25, 0.3) is 0 Å². The fraction of sp³-hybridized carbons (Fsp3) is 1.00. The van der Waals surface area contributed by atoms with E-state index in [1.807, 2.05) is 11.8 Å². The molecule has 0 amide bonds. The van der Waals surface area contributed by atoms with Crippen LogP contribution >= 0.6 is 11.8 Å². The second-order valence-corrected chi connectivity index (χ2v) is 3.95. The maximum Gasteiger partial charge on any atom is 0.0822 e. The summed E-state index contributed by atoms with van der Waals surface area (Å²) in [6.07, 6.45) is 1.94. The summed E-state index contributed by atoms with van der Waals surface area (Å²) in [5.41, 5.74) is 0. The third-order valence-electron chi connectivity index (χ3n) is 1.67. The fourth-order valence-corrected chi connectivity index (χ4v) is 2.28. The molecule has 1 rings (SSSR count). The van der Waals surface area contributed by atoms with Crippen LogP contribution in [0, 0.1) is 0 Å². The maximum atomic E-state index is 10.1. The zero-order valence-corrected chi connectivity index (χ0v) is 6.95. The summed E-state index contributed by atoms with van der Waals surface area (Å²) >= 11 is 2.00. The number of thioether (sulfide) groups is 1. The van der Waals surface area contributed by atoms with Crippen LogP contribution in [0.3, 0.4) is 0 Å². The highest BCUT2D eigenvalue weighted by molar-refractivity contribution is 8.00. The SMILES string of the molecule is [O]CCCC1CNCCS1. The zero-order chi connectivity index (χ0) is 7.23. The normalized spacial score (nSPS) is 26.7. The van der Waals surface area contributed by atoms with Gasteiger partial charge in [-0.25, -0.2) is 5.11 Å². The van der Waals surface area contributed by atoms with Gasteiger partial charge in [-0.3, -0.25) is 0 Å². The lowest BCUT2D eigenvalue weighted by molar-refractivity contribution is 0.186. The molecule has 59 valence electrons. The second-order valence-electron chi connectivity index (χ2n) is 2.54. The molecular weight excluding hydrogens is 146 g/mol. The van der Waals surface area contributed by atoms with E-state index in [-0.39, 0.29) is 6.61 Å². The van der Waals surface area contributed by atoms with E-state index in [9.17, 15) is 5.11 Å². The number of rotatable bonds is 3. The summed E-state index contributed by atoms with van der Waals surface area (Å²) in [5.74, 6) is 1.21. The van der Waals surface area contributed by atoms with Crippen molar-refractivity contribution >= 4 is 11.8 Å². The van der Waals surface area contributed by atoms with Gasteiger partial charge in [0.25, 0.3) is 0 Å². The zero-order valence-electron chi connectivity index (χ0n) is 6.14. The van der Waals surface area contributed by atoms with Crippen LogP contribution in [0.15, 0.2) is 0 Å². The van der Waals surface area contributed by atoms with E-state index < -0.39 is 0 Å². The summed E-state index contributed by atoms with van der Waals surface area (Å²) in [6.45, 7) is 2.33. The summed E-state index contributed by atoms with van der Waals surface area (Å²) in [5, 5.41) is 14.2. The molecule has 0 bridgehead atoms. The van der Waals surface area contributed by atoms with Gasteiger partial charge in [-0.05, 0) is 12.8 Å². The van der Waals surface area contributed by atoms with Crippen molar-refractivity contribution in [1.29, 1.82) is 0 Å². The quantitative estimate of drug-likeness (QED) is 0.665. The Hall–Kier alpha value is 0.270. The monoisotopic (exact) mass is 160 g/mol. The van der Waals surface area contributed by atoms with Crippen molar-refractivity contribution in [2.75, 3.05) is 25.4 Å². The summed E-state index contributed by atoms with van der Waals surface area (Å²) in [6, 6.07) is 0. The molecule has 1 N–H and O–H groups in total. The molecule has 0 aromatic carbocycles. The van der Waals surface area contributed by atoms with Crippen LogP contribution in [-0.2, 0) is 5.11 Å². The Morgan fingerprint density at radius 3 is 3.10 bits per heavy atom. The highest BCUT2D eigenvalue weighted by atomic mass is 32.2. The van der Waals surface area contributed by atoms with Crippen molar-refractivity contribution in [2.45, 2.75) is 18.1 Å². The molecule has 1 saturated heterocycles. The standard InChI is InChI=1S/C7H14NOS/c9-4-1-2-7-6-8-3-5-10-7/h7-8H,1-6H2. The van der Waals surface area contributed by atoms with Crippen LogP contribution in [0.1, 0.15) is 12.8 Å². The lowest BCUT2D eigenvalue weighted by atomic mass is 10.2. The summed E-state index contributed by atoms with van der Waals surface area (Å²) < 4.78 is 0. The molecule has 1 heterocycles. The molecule has 3 heteroatoms. The smallest absolute Gasteiger partial charge is 0.0822 e. The Kier molecular flexibility index (Phi) is 4.18. The van der Waals surface area contributed by atoms with Crippen molar-refractivity contribution in [3.8, 4) is 0 Å². The largest absolute Gasteiger partial charge is 0.315 e. The lowest BCUT2D eigenvalue weighted by Crippen LogP contribution is -2.32. The van der Waals surface area contributed by atoms with Crippen LogP contribution in [-0.4, -0.2) is 30.7 Å². The molecular formula is C7H14NOS. The Balaban J connectivity index is 2.02. The average molecular weight is 160 g/mol. The minimum absolute atomic E-state index is 0.0943. The van der Waals surface area contributed by atoms with Crippen LogP contribution in [0.5, 0.6) is 0 Å². The van der Waals surface area contributed by atoms with Crippen molar-refractivity contribution in [3.63, 3.8) is 0 Å². The van der Waals surface area contributed by atoms with Gasteiger partial charge in [-0.2, -0.15) is 11.8 Å². The van der Waals surface area contributed by atoms with E-state index >= 15 is 0 Å². The number of hydrogen-bond acceptors (Lipinski definition) is 2. The van der Waals surface area contributed by atoms with Gasteiger partial charge in [0.2, 0.25) is 0 Å². The van der Waals surface area contributed by atoms with Gasteiger partial charge in [0.15, 0.2) is 0 Å². The molecule has 2 nitrogen and oxygen atoms in total. The summed E-state index contributed by atoms with van der Waals surface area (Å²) in [4.78, 5) is 0. The Bertz CT molecular complexity index is 83.7. The van der Waals surface area contributed by atoms with Gasteiger partial charge < -0.3 is 5.32 Å². The predicted molar refractivity (Wildman–Crippen MR) is 43.9 cm³/mol. The number of nitrogens with one attached hydrogen (secondary N) is 1. The van der Waals surface area contributed by atoms with Crippen molar-refractivity contribution < 1.29 is 5.11 Å². The van der Waals surface area contributed by atoms with Crippen molar-refractivity contribution in [1.82, 2.24) is 5.32 Å². The Morgan fingerprint density at radius 2 is 2.50 bits per heavy atom. The Labute approximate surface area is 66.4 Å². The first-order valence-corrected chi connectivity index (χ1v) is 4.89. The van der Waals surface area contributed by atoms with E-state index in [2.05, 4.69) is 5.32 Å². The van der Waals surface area contributed by atoms with Crippen LogP contribution in [0.2, 0.25) is 0 Å². The van der Waals surface area contributed by atoms with E-state index in [0.717, 1.165) is 25.9 Å². The van der Waals surface area contributed by atoms with Crippen molar-refractivity contribution in [2.24, 2.45) is 0 Å². The minimum atomic E-state index is 0.0943. The molecule has 10 heavy (non-hydrogen) atoms. The third-order valence-corrected chi connectivity index (χ3v) is 2.99. The maximum absolute atomic E-state index is 10.1. The van der Waals surface area contributed by atoms with Crippen LogP contribution in [0.4, 0.5) is 0 Å². The molecule has 1 radical (unpaired) electrons. The molecule has 0 aromatic heterocycles. The molecule has 0 aliphatic carbocycles. The first-order chi connectivity index (χ1) is 4.93. The topological polar surface area (TPSA) is 31.9 Å². The van der Waals surface area contributed by atoms with Gasteiger partial charge >= 0.3 is 0 Å². The molecule has 0 saturated carbocycles. The first kappa shape index (κ1) is 8.37. The Morgan fingerprint density at radius 1 is 1.60 bits per heavy atom. The molecule has 1 unspecified atom stereocenters. The minimum Gasteiger partial charge on any atom is -0.315 e. The molecule has 0 spiro atoms. The second kappa shape index (κ2) is 4.99.